The van der Waals surface area contributed by atoms with E-state index in [0.29, 0.717) is 0 Å². The molecule has 0 unspecified atom stereocenters. The van der Waals surface area contributed by atoms with E-state index in [9.17, 15) is 30.8 Å². The van der Waals surface area contributed by atoms with Gasteiger partial charge in [0.2, 0.25) is 0 Å². The summed E-state index contributed by atoms with van der Waals surface area (Å²) in [7, 11) is -5.79. The SMILES string of the molecule is O=C(F)S(=O)(=O)OC(F)(F)F. The molecule has 0 aromatic heterocycles. The maximum atomic E-state index is 11.2. The highest BCUT2D eigenvalue weighted by atomic mass is 32.2. The molecule has 0 bridgehead atoms. The highest BCUT2D eigenvalue weighted by Gasteiger charge is 2.40. The van der Waals surface area contributed by atoms with Crippen LogP contribution in [0.4, 0.5) is 22.4 Å². The minimum Gasteiger partial charge on any atom is -0.239 e. The van der Waals surface area contributed by atoms with Gasteiger partial charge in [-0.2, -0.15) is 12.6 Å². The third-order valence-corrected chi connectivity index (χ3v) is 1.20. The van der Waals surface area contributed by atoms with Crippen molar-refractivity contribution in [2.45, 2.75) is 6.36 Å². The van der Waals surface area contributed by atoms with E-state index < -0.39 is 21.8 Å². The van der Waals surface area contributed by atoms with Gasteiger partial charge in [0.1, 0.15) is 0 Å². The lowest BCUT2D eigenvalue weighted by Crippen LogP contribution is -2.22. The molecule has 9 heteroatoms. The number of alkyl halides is 3. The largest absolute Gasteiger partial charge is 0.537 e. The van der Waals surface area contributed by atoms with E-state index in [-0.39, 0.29) is 0 Å². The maximum absolute atomic E-state index is 11.2. The predicted octanol–water partition coefficient (Wildman–Crippen LogP) is 0.942. The Balaban J connectivity index is 4.53. The first kappa shape index (κ1) is 10.3. The van der Waals surface area contributed by atoms with Gasteiger partial charge in [-0.25, -0.2) is 4.79 Å². The third kappa shape index (κ3) is 3.88. The van der Waals surface area contributed by atoms with Crippen LogP contribution in [0.3, 0.4) is 0 Å². The van der Waals surface area contributed by atoms with Gasteiger partial charge in [-0.3, -0.25) is 0 Å². The molecule has 4 nitrogen and oxygen atoms in total. The van der Waals surface area contributed by atoms with Gasteiger partial charge >= 0.3 is 21.8 Å². The first-order valence-corrected chi connectivity index (χ1v) is 3.28. The Hall–Kier alpha value is -0.700. The molecule has 0 amide bonds. The van der Waals surface area contributed by atoms with Gasteiger partial charge in [-0.15, -0.1) is 17.6 Å². The summed E-state index contributed by atoms with van der Waals surface area (Å²) in [5.74, 6) is 0. The van der Waals surface area contributed by atoms with Gasteiger partial charge in [-0.1, -0.05) is 0 Å². The van der Waals surface area contributed by atoms with Crippen molar-refractivity contribution in [1.82, 2.24) is 0 Å². The molecule has 0 fully saturated rings. The average Bonchev–Trinajstić information content (AvgIpc) is 1.56. The van der Waals surface area contributed by atoms with E-state index in [4.69, 9.17) is 0 Å². The normalized spacial score (nSPS) is 13.1. The summed E-state index contributed by atoms with van der Waals surface area (Å²) in [6, 6.07) is 0. The second kappa shape index (κ2) is 2.74. The Kier molecular flexibility index (Phi) is 2.56. The van der Waals surface area contributed by atoms with Crippen LogP contribution in [0.15, 0.2) is 0 Å². The molecule has 0 saturated heterocycles. The molecule has 0 N–H and O–H groups in total. The summed E-state index contributed by atoms with van der Waals surface area (Å²) in [5.41, 5.74) is 0. The van der Waals surface area contributed by atoms with Gasteiger partial charge in [0, 0.05) is 0 Å². The summed E-state index contributed by atoms with van der Waals surface area (Å²) >= 11 is 0. The average molecular weight is 196 g/mol. The van der Waals surface area contributed by atoms with Crippen molar-refractivity contribution in [1.29, 1.82) is 0 Å². The Labute approximate surface area is 57.9 Å². The fourth-order valence-corrected chi connectivity index (χ4v) is 0.471. The number of carbonyl (C=O) groups is 1. The number of rotatable bonds is 1. The van der Waals surface area contributed by atoms with E-state index >= 15 is 0 Å². The number of carbonyl (C=O) groups excluding carboxylic acids is 1. The standard InChI is InChI=1S/C2F4O4S/c3-1(7)11(8,9)10-2(4,5)6. The number of hydrogen-bond donors (Lipinski definition) is 0. The Bertz CT molecular complexity index is 250. The molecule has 0 spiro atoms. The molecular formula is C2F4O4S. The predicted molar refractivity (Wildman–Crippen MR) is 22.6 cm³/mol. The zero-order valence-corrected chi connectivity index (χ0v) is 5.37. The lowest BCUT2D eigenvalue weighted by atomic mass is 11.4. The summed E-state index contributed by atoms with van der Waals surface area (Å²) in [4.78, 5) is 9.26. The van der Waals surface area contributed by atoms with Crippen molar-refractivity contribution in [3.8, 4) is 0 Å². The smallest absolute Gasteiger partial charge is 0.239 e. The molecule has 0 aliphatic heterocycles. The monoisotopic (exact) mass is 196 g/mol. The molecule has 66 valence electrons. The van der Waals surface area contributed by atoms with Crippen molar-refractivity contribution >= 4 is 15.5 Å². The molecule has 0 aromatic carbocycles. The lowest BCUT2D eigenvalue weighted by Gasteiger charge is -2.02. The van der Waals surface area contributed by atoms with Crippen molar-refractivity contribution < 1.29 is 35.0 Å². The molecule has 0 aromatic rings. The third-order valence-electron chi connectivity index (χ3n) is 0.401. The second-order valence-electron chi connectivity index (χ2n) is 1.22. The maximum Gasteiger partial charge on any atom is 0.537 e. The Morgan fingerprint density at radius 2 is 1.64 bits per heavy atom. The molecule has 0 radical (unpaired) electrons. The van der Waals surface area contributed by atoms with Crippen LogP contribution in [0.1, 0.15) is 0 Å². The van der Waals surface area contributed by atoms with Crippen LogP contribution < -0.4 is 0 Å². The van der Waals surface area contributed by atoms with E-state index in [1.54, 1.807) is 0 Å². The molecular weight excluding hydrogens is 196 g/mol. The van der Waals surface area contributed by atoms with Crippen LogP contribution in [-0.4, -0.2) is 20.1 Å². The zero-order chi connectivity index (χ0) is 9.28. The van der Waals surface area contributed by atoms with E-state index in [1.165, 1.54) is 0 Å². The lowest BCUT2D eigenvalue weighted by molar-refractivity contribution is -0.271. The molecule has 0 saturated carbocycles. The van der Waals surface area contributed by atoms with E-state index in [1.807, 2.05) is 0 Å². The minimum atomic E-state index is -5.79. The summed E-state index contributed by atoms with van der Waals surface area (Å²) in [6.07, 6.45) is -5.58. The molecule has 0 aliphatic carbocycles. The van der Waals surface area contributed by atoms with Crippen LogP contribution in [0.25, 0.3) is 0 Å². The Morgan fingerprint density at radius 1 is 1.27 bits per heavy atom. The second-order valence-corrected chi connectivity index (χ2v) is 2.62. The number of halogens is 4. The fourth-order valence-electron chi connectivity index (χ4n) is 0.157. The van der Waals surface area contributed by atoms with Gasteiger partial charge in [0.05, 0.1) is 0 Å². The molecule has 0 rings (SSSR count). The number of hydrogen-bond acceptors (Lipinski definition) is 4. The van der Waals surface area contributed by atoms with Crippen molar-refractivity contribution in [3.05, 3.63) is 0 Å². The van der Waals surface area contributed by atoms with Crippen LogP contribution in [0, 0.1) is 0 Å². The highest BCUT2D eigenvalue weighted by molar-refractivity contribution is 8.01. The Morgan fingerprint density at radius 3 is 1.73 bits per heavy atom. The first-order chi connectivity index (χ1) is 4.65. The van der Waals surface area contributed by atoms with Crippen molar-refractivity contribution in [2.24, 2.45) is 0 Å². The van der Waals surface area contributed by atoms with Gasteiger partial charge in [-0.05, 0) is 0 Å². The van der Waals surface area contributed by atoms with Crippen LogP contribution in [0.2, 0.25) is 0 Å². The molecule has 11 heavy (non-hydrogen) atoms. The molecule has 0 atom stereocenters. The van der Waals surface area contributed by atoms with Crippen LogP contribution in [0.5, 0.6) is 0 Å². The first-order valence-electron chi connectivity index (χ1n) is 1.87. The van der Waals surface area contributed by atoms with Crippen LogP contribution >= 0.6 is 0 Å². The van der Waals surface area contributed by atoms with Gasteiger partial charge in [0.15, 0.2) is 0 Å². The van der Waals surface area contributed by atoms with E-state index in [2.05, 4.69) is 4.18 Å². The quantitative estimate of drug-likeness (QED) is 0.355. The van der Waals surface area contributed by atoms with Gasteiger partial charge in [0.25, 0.3) is 0 Å². The van der Waals surface area contributed by atoms with Crippen molar-refractivity contribution in [2.75, 3.05) is 0 Å². The van der Waals surface area contributed by atoms with Crippen molar-refractivity contribution in [3.63, 3.8) is 0 Å². The van der Waals surface area contributed by atoms with Gasteiger partial charge < -0.3 is 0 Å². The molecule has 0 aliphatic rings. The minimum absolute atomic E-state index is 2.13. The topological polar surface area (TPSA) is 60.4 Å². The highest BCUT2D eigenvalue weighted by Crippen LogP contribution is 2.20. The van der Waals surface area contributed by atoms with E-state index in [0.717, 1.165) is 0 Å². The summed E-state index contributed by atoms with van der Waals surface area (Å²) in [6.45, 7) is 0. The fraction of sp³-hybridized carbons (Fsp3) is 0.500. The summed E-state index contributed by atoms with van der Waals surface area (Å²) < 4.78 is 65.6. The molecule has 0 heterocycles. The summed E-state index contributed by atoms with van der Waals surface area (Å²) in [5, 5.41) is -3.19. The van der Waals surface area contributed by atoms with Crippen LogP contribution in [-0.2, 0) is 14.3 Å². The zero-order valence-electron chi connectivity index (χ0n) is 4.55.